The molecule has 44 heavy (non-hydrogen) atoms. The lowest BCUT2D eigenvalue weighted by Gasteiger charge is -2.18. The molecule has 1 aliphatic heterocycles. The highest BCUT2D eigenvalue weighted by Crippen LogP contribution is 2.45. The number of fused-ring (bicyclic) bond motifs is 3. The number of thiophene rings is 1. The number of pyridine rings is 1. The minimum Gasteiger partial charge on any atom is -0.493 e. The summed E-state index contributed by atoms with van der Waals surface area (Å²) >= 11 is 1.57. The van der Waals surface area contributed by atoms with Gasteiger partial charge >= 0.3 is 5.97 Å². The Morgan fingerprint density at radius 2 is 1.84 bits per heavy atom. The fourth-order valence-electron chi connectivity index (χ4n) is 5.23. The van der Waals surface area contributed by atoms with Crippen LogP contribution in [0.15, 0.2) is 60.0 Å². The van der Waals surface area contributed by atoms with Crippen molar-refractivity contribution < 1.29 is 29.0 Å². The van der Waals surface area contributed by atoms with E-state index in [4.69, 9.17) is 15.2 Å². The average molecular weight is 613 g/mol. The maximum absolute atomic E-state index is 13.9. The number of nitrogens with zero attached hydrogens (tertiary/aromatic N) is 1. The van der Waals surface area contributed by atoms with Gasteiger partial charge in [-0.25, -0.2) is 9.78 Å². The third kappa shape index (κ3) is 5.81. The van der Waals surface area contributed by atoms with Crippen LogP contribution in [0.25, 0.3) is 21.6 Å². The zero-order valence-corrected chi connectivity index (χ0v) is 25.0. The average Bonchev–Trinajstić information content (AvgIpc) is 3.74. The molecule has 0 radical (unpaired) electrons. The van der Waals surface area contributed by atoms with Gasteiger partial charge in [-0.1, -0.05) is 12.1 Å². The fraction of sp³-hybridized carbons (Fsp3) is 0.273. The van der Waals surface area contributed by atoms with E-state index < -0.39 is 17.8 Å². The molecule has 1 saturated carbocycles. The van der Waals surface area contributed by atoms with Crippen LogP contribution >= 0.6 is 11.3 Å². The highest BCUT2D eigenvalue weighted by molar-refractivity contribution is 7.13. The number of aromatic nitrogens is 1. The maximum Gasteiger partial charge on any atom is 0.357 e. The molecule has 2 aromatic heterocycles. The molecule has 3 heterocycles. The number of anilines is 1. The summed E-state index contributed by atoms with van der Waals surface area (Å²) in [5, 5.41) is 17.4. The standard InChI is InChI=1S/C33H32N4O6S/c1-42-32(41)28-22(6-7-26(37-28)31(40)35-17-33(18-38)10-11-33)23-15-27-25(29-20(8-12-43-27)9-13-44-29)14-24(23)30(39)36-21-4-2-19(16-34)3-5-21/h2-7,9,13-15,38H,8,10-12,16-18,34H2,1H3,(H,35,40)(H,36,39). The smallest absolute Gasteiger partial charge is 0.357 e. The van der Waals surface area contributed by atoms with Gasteiger partial charge in [0.25, 0.3) is 11.8 Å². The lowest BCUT2D eigenvalue weighted by molar-refractivity contribution is 0.0594. The Balaban J connectivity index is 1.44. The molecule has 1 fully saturated rings. The summed E-state index contributed by atoms with van der Waals surface area (Å²) < 4.78 is 11.2. The molecule has 2 amide bonds. The number of aliphatic hydroxyl groups is 1. The van der Waals surface area contributed by atoms with Gasteiger partial charge in [0.05, 0.1) is 20.3 Å². The Labute approximate surface area is 258 Å². The van der Waals surface area contributed by atoms with Gasteiger partial charge in [-0.3, -0.25) is 9.59 Å². The van der Waals surface area contributed by atoms with Crippen LogP contribution in [0.1, 0.15) is 55.3 Å². The molecule has 11 heteroatoms. The summed E-state index contributed by atoms with van der Waals surface area (Å²) in [6, 6.07) is 15.9. The Morgan fingerprint density at radius 3 is 2.55 bits per heavy atom. The van der Waals surface area contributed by atoms with Crippen LogP contribution in [0.5, 0.6) is 5.75 Å². The van der Waals surface area contributed by atoms with Crippen LogP contribution < -0.4 is 21.1 Å². The minimum atomic E-state index is -0.760. The molecule has 2 aliphatic rings. The van der Waals surface area contributed by atoms with E-state index in [9.17, 15) is 19.5 Å². The van der Waals surface area contributed by atoms with Crippen molar-refractivity contribution in [3.8, 4) is 27.3 Å². The van der Waals surface area contributed by atoms with Crippen molar-refractivity contribution in [2.24, 2.45) is 11.1 Å². The highest BCUT2D eigenvalue weighted by atomic mass is 32.1. The molecule has 0 atom stereocenters. The van der Waals surface area contributed by atoms with Gasteiger partial charge in [0.15, 0.2) is 5.69 Å². The molecule has 0 saturated heterocycles. The van der Waals surface area contributed by atoms with Crippen molar-refractivity contribution in [1.82, 2.24) is 10.3 Å². The van der Waals surface area contributed by atoms with Crippen molar-refractivity contribution in [2.45, 2.75) is 25.8 Å². The van der Waals surface area contributed by atoms with E-state index in [0.29, 0.717) is 54.2 Å². The van der Waals surface area contributed by atoms with Crippen LogP contribution in [0.3, 0.4) is 0 Å². The largest absolute Gasteiger partial charge is 0.493 e. The molecule has 0 bridgehead atoms. The number of nitrogens with two attached hydrogens (primary N) is 1. The van der Waals surface area contributed by atoms with Gasteiger partial charge < -0.3 is 30.9 Å². The molecule has 6 rings (SSSR count). The molecule has 5 N–H and O–H groups in total. The number of aliphatic hydroxyl groups excluding tert-OH is 1. The van der Waals surface area contributed by atoms with Crippen molar-refractivity contribution in [3.63, 3.8) is 0 Å². The van der Waals surface area contributed by atoms with Gasteiger partial charge in [-0.2, -0.15) is 0 Å². The van der Waals surface area contributed by atoms with Gasteiger partial charge in [0.1, 0.15) is 11.4 Å². The molecular weight excluding hydrogens is 580 g/mol. The summed E-state index contributed by atoms with van der Waals surface area (Å²) in [6.45, 7) is 1.13. The van der Waals surface area contributed by atoms with Crippen molar-refractivity contribution in [2.75, 3.05) is 32.2 Å². The molecule has 4 aromatic rings. The number of carbonyl (C=O) groups excluding carboxylic acids is 3. The van der Waals surface area contributed by atoms with Crippen molar-refractivity contribution in [1.29, 1.82) is 0 Å². The predicted octanol–water partition coefficient (Wildman–Crippen LogP) is 4.41. The number of rotatable bonds is 9. The van der Waals surface area contributed by atoms with Crippen molar-refractivity contribution >= 4 is 34.8 Å². The molecule has 2 aromatic carbocycles. The minimum absolute atomic E-state index is 0.0115. The molecule has 0 spiro atoms. The van der Waals surface area contributed by atoms with E-state index in [-0.39, 0.29) is 23.4 Å². The lowest BCUT2D eigenvalue weighted by Crippen LogP contribution is -2.32. The summed E-state index contributed by atoms with van der Waals surface area (Å²) in [5.41, 5.74) is 9.76. The van der Waals surface area contributed by atoms with Crippen LogP contribution in [-0.4, -0.2) is 54.7 Å². The van der Waals surface area contributed by atoms with Gasteiger partial charge in [0, 0.05) is 57.7 Å². The summed E-state index contributed by atoms with van der Waals surface area (Å²) in [5.74, 6) is -1.07. The maximum atomic E-state index is 13.9. The Hall–Kier alpha value is -4.58. The molecular formula is C33H32N4O6S. The van der Waals surface area contributed by atoms with Gasteiger partial charge in [0.2, 0.25) is 0 Å². The third-order valence-corrected chi connectivity index (χ3v) is 9.14. The first kappa shape index (κ1) is 29.5. The second-order valence-electron chi connectivity index (χ2n) is 11.0. The van der Waals surface area contributed by atoms with Crippen LogP contribution in [0, 0.1) is 5.41 Å². The highest BCUT2D eigenvalue weighted by Gasteiger charge is 2.42. The fourth-order valence-corrected chi connectivity index (χ4v) is 6.21. The number of benzene rings is 2. The van der Waals surface area contributed by atoms with Crippen molar-refractivity contribution in [3.05, 3.63) is 88.1 Å². The Morgan fingerprint density at radius 1 is 1.05 bits per heavy atom. The zero-order chi connectivity index (χ0) is 30.8. The lowest BCUT2D eigenvalue weighted by atomic mass is 9.93. The number of ether oxygens (including phenoxy) is 2. The second-order valence-corrected chi connectivity index (χ2v) is 12.0. The Kier molecular flexibility index (Phi) is 8.17. The number of hydrogen-bond donors (Lipinski definition) is 4. The summed E-state index contributed by atoms with van der Waals surface area (Å²) in [6.07, 6.45) is 2.38. The monoisotopic (exact) mass is 612 g/mol. The first-order valence-corrected chi connectivity index (χ1v) is 15.2. The SMILES string of the molecule is COC(=O)c1nc(C(=O)NCC2(CO)CC2)ccc1-c1cc2c(cc1C(=O)Nc1ccc(CN)cc1)-c1sccc1CCO2. The number of esters is 1. The van der Waals surface area contributed by atoms with E-state index in [1.807, 2.05) is 17.5 Å². The number of hydrogen-bond acceptors (Lipinski definition) is 9. The van der Waals surface area contributed by atoms with E-state index in [0.717, 1.165) is 34.4 Å². The van der Waals surface area contributed by atoms with Crippen LogP contribution in [0.2, 0.25) is 0 Å². The number of carbonyl (C=O) groups is 3. The second kappa shape index (κ2) is 12.2. The topological polar surface area (TPSA) is 153 Å². The zero-order valence-electron chi connectivity index (χ0n) is 24.1. The predicted molar refractivity (Wildman–Crippen MR) is 167 cm³/mol. The van der Waals surface area contributed by atoms with E-state index >= 15 is 0 Å². The van der Waals surface area contributed by atoms with Gasteiger partial charge in [-0.15, -0.1) is 11.3 Å². The quantitative estimate of drug-likeness (QED) is 0.203. The number of nitrogens with one attached hydrogen (secondary N) is 2. The van der Waals surface area contributed by atoms with Crippen LogP contribution in [0.4, 0.5) is 5.69 Å². The first-order chi connectivity index (χ1) is 21.3. The molecule has 10 nitrogen and oxygen atoms in total. The molecule has 226 valence electrons. The first-order valence-electron chi connectivity index (χ1n) is 14.3. The van der Waals surface area contributed by atoms with E-state index in [2.05, 4.69) is 21.7 Å². The summed E-state index contributed by atoms with van der Waals surface area (Å²) in [4.78, 5) is 45.4. The van der Waals surface area contributed by atoms with Crippen LogP contribution in [-0.2, 0) is 17.7 Å². The normalized spacial score (nSPS) is 14.3. The Bertz CT molecular complexity index is 1750. The molecule has 1 aliphatic carbocycles. The van der Waals surface area contributed by atoms with E-state index in [1.165, 1.54) is 13.2 Å². The number of methoxy groups -OCH3 is 1. The summed E-state index contributed by atoms with van der Waals surface area (Å²) in [7, 11) is 1.23. The van der Waals surface area contributed by atoms with E-state index in [1.54, 1.807) is 41.7 Å². The van der Waals surface area contributed by atoms with Gasteiger partial charge in [-0.05, 0) is 71.8 Å². The molecule has 0 unspecified atom stereocenters. The number of amides is 2. The third-order valence-electron chi connectivity index (χ3n) is 8.15.